The van der Waals surface area contributed by atoms with E-state index in [1.165, 1.54) is 5.56 Å². The van der Waals surface area contributed by atoms with Gasteiger partial charge in [0.2, 0.25) is 0 Å². The number of carbonyl (C=O) groups excluding carboxylic acids is 1. The Kier molecular flexibility index (Phi) is 4.09. The van der Waals surface area contributed by atoms with E-state index in [9.17, 15) is 4.79 Å². The minimum Gasteiger partial charge on any atom is -0.493 e. The van der Waals surface area contributed by atoms with Gasteiger partial charge in [-0.3, -0.25) is 4.79 Å². The first kappa shape index (κ1) is 13.0. The van der Waals surface area contributed by atoms with Gasteiger partial charge in [0.25, 0.3) is 0 Å². The third kappa shape index (κ3) is 2.95. The topological polar surface area (TPSA) is 38.3 Å². The summed E-state index contributed by atoms with van der Waals surface area (Å²) in [4.78, 5) is 12.4. The second kappa shape index (κ2) is 5.97. The molecule has 3 rings (SSSR count). The Morgan fingerprint density at radius 1 is 1.42 bits per heavy atom. The minimum absolute atomic E-state index is 0.0498. The van der Waals surface area contributed by atoms with Crippen molar-refractivity contribution in [3.63, 3.8) is 0 Å². The van der Waals surface area contributed by atoms with Crippen LogP contribution >= 0.6 is 11.8 Å². The lowest BCUT2D eigenvalue weighted by molar-refractivity contribution is -0.121. The third-order valence-corrected chi connectivity index (χ3v) is 4.90. The molecule has 2 aliphatic rings. The van der Waals surface area contributed by atoms with Crippen molar-refractivity contribution in [1.29, 1.82) is 0 Å². The number of hydrogen-bond donors (Lipinski definition) is 1. The Morgan fingerprint density at radius 3 is 3.16 bits per heavy atom. The van der Waals surface area contributed by atoms with Gasteiger partial charge in [0.15, 0.2) is 5.78 Å². The van der Waals surface area contributed by atoms with E-state index in [-0.39, 0.29) is 6.04 Å². The van der Waals surface area contributed by atoms with Crippen LogP contribution in [0.5, 0.6) is 5.75 Å². The van der Waals surface area contributed by atoms with Crippen LogP contribution in [0.4, 0.5) is 0 Å². The molecule has 2 heterocycles. The van der Waals surface area contributed by atoms with Crippen molar-refractivity contribution < 1.29 is 9.53 Å². The van der Waals surface area contributed by atoms with E-state index in [1.807, 2.05) is 30.0 Å². The maximum absolute atomic E-state index is 12.4. The highest BCUT2D eigenvalue weighted by molar-refractivity contribution is 7.99. The summed E-state index contributed by atoms with van der Waals surface area (Å²) in [6.45, 7) is 1.67. The average Bonchev–Trinajstić information content (AvgIpc) is 2.48. The van der Waals surface area contributed by atoms with Crippen LogP contribution in [0.1, 0.15) is 24.3 Å². The van der Waals surface area contributed by atoms with Crippen molar-refractivity contribution in [2.45, 2.75) is 24.8 Å². The first-order valence-corrected chi connectivity index (χ1v) is 8.05. The van der Waals surface area contributed by atoms with Gasteiger partial charge in [-0.05, 0) is 24.0 Å². The summed E-state index contributed by atoms with van der Waals surface area (Å²) in [6, 6.07) is 8.16. The number of fused-ring (bicyclic) bond motifs is 1. The van der Waals surface area contributed by atoms with Gasteiger partial charge >= 0.3 is 0 Å². The Balaban J connectivity index is 1.68. The lowest BCUT2D eigenvalue weighted by Crippen LogP contribution is -2.43. The molecule has 1 saturated heterocycles. The Labute approximate surface area is 118 Å². The van der Waals surface area contributed by atoms with E-state index in [4.69, 9.17) is 4.74 Å². The molecule has 102 valence electrons. The van der Waals surface area contributed by atoms with Crippen LogP contribution in [0, 0.1) is 0 Å². The van der Waals surface area contributed by atoms with Crippen LogP contribution in [-0.4, -0.2) is 36.5 Å². The molecule has 0 aromatic heterocycles. The highest BCUT2D eigenvalue weighted by atomic mass is 32.2. The highest BCUT2D eigenvalue weighted by Crippen LogP contribution is 2.35. The molecular formula is C15H19NO2S. The van der Waals surface area contributed by atoms with Gasteiger partial charge in [-0.2, -0.15) is 11.8 Å². The number of carbonyl (C=O) groups is 1. The number of ketones is 1. The quantitative estimate of drug-likeness (QED) is 0.919. The van der Waals surface area contributed by atoms with Crippen LogP contribution in [0.15, 0.2) is 24.3 Å². The van der Waals surface area contributed by atoms with Crippen molar-refractivity contribution in [2.75, 3.05) is 24.7 Å². The molecule has 1 fully saturated rings. The largest absolute Gasteiger partial charge is 0.493 e. The first-order chi connectivity index (χ1) is 9.34. The monoisotopic (exact) mass is 277 g/mol. The maximum atomic E-state index is 12.4. The minimum atomic E-state index is 0.0498. The number of nitrogens with one attached hydrogen (secondary N) is 1. The van der Waals surface area contributed by atoms with Crippen LogP contribution in [0.3, 0.4) is 0 Å². The zero-order valence-corrected chi connectivity index (χ0v) is 11.7. The van der Waals surface area contributed by atoms with Crippen molar-refractivity contribution in [1.82, 2.24) is 5.32 Å². The molecule has 1 aromatic carbocycles. The summed E-state index contributed by atoms with van der Waals surface area (Å²) >= 11 is 1.87. The number of rotatable bonds is 3. The highest BCUT2D eigenvalue weighted by Gasteiger charge is 2.27. The summed E-state index contributed by atoms with van der Waals surface area (Å²) in [7, 11) is 0. The van der Waals surface area contributed by atoms with Crippen LogP contribution in [-0.2, 0) is 4.79 Å². The molecule has 0 spiro atoms. The van der Waals surface area contributed by atoms with Gasteiger partial charge in [0.05, 0.1) is 12.6 Å². The van der Waals surface area contributed by atoms with Crippen molar-refractivity contribution in [3.8, 4) is 5.75 Å². The smallest absolute Gasteiger partial charge is 0.151 e. The van der Waals surface area contributed by atoms with E-state index in [0.29, 0.717) is 18.1 Å². The molecule has 4 heteroatoms. The number of hydrogen-bond acceptors (Lipinski definition) is 4. The SMILES string of the molecule is O=C(CC1CCOc2ccccc21)C1CSCCN1. The maximum Gasteiger partial charge on any atom is 0.151 e. The molecule has 0 aliphatic carbocycles. The molecule has 0 saturated carbocycles. The van der Waals surface area contributed by atoms with Crippen LogP contribution < -0.4 is 10.1 Å². The molecule has 2 unspecified atom stereocenters. The number of thioether (sulfide) groups is 1. The zero-order valence-electron chi connectivity index (χ0n) is 10.9. The summed E-state index contributed by atoms with van der Waals surface area (Å²) < 4.78 is 5.65. The third-order valence-electron chi connectivity index (χ3n) is 3.84. The van der Waals surface area contributed by atoms with E-state index in [0.717, 1.165) is 36.8 Å². The number of benzene rings is 1. The lowest BCUT2D eigenvalue weighted by Gasteiger charge is -2.28. The van der Waals surface area contributed by atoms with E-state index < -0.39 is 0 Å². The van der Waals surface area contributed by atoms with Gasteiger partial charge in [0.1, 0.15) is 5.75 Å². The second-order valence-corrected chi connectivity index (χ2v) is 6.27. The summed E-state index contributed by atoms with van der Waals surface area (Å²) in [5.41, 5.74) is 1.20. The zero-order chi connectivity index (χ0) is 13.1. The van der Waals surface area contributed by atoms with E-state index in [1.54, 1.807) is 0 Å². The molecule has 3 nitrogen and oxygen atoms in total. The van der Waals surface area contributed by atoms with E-state index >= 15 is 0 Å². The van der Waals surface area contributed by atoms with Crippen molar-refractivity contribution >= 4 is 17.5 Å². The Morgan fingerprint density at radius 2 is 2.32 bits per heavy atom. The first-order valence-electron chi connectivity index (χ1n) is 6.90. The van der Waals surface area contributed by atoms with Gasteiger partial charge in [-0.15, -0.1) is 0 Å². The average molecular weight is 277 g/mol. The molecule has 19 heavy (non-hydrogen) atoms. The summed E-state index contributed by atoms with van der Waals surface area (Å²) in [5, 5.41) is 3.33. The molecular weight excluding hydrogens is 258 g/mol. The summed E-state index contributed by atoms with van der Waals surface area (Å²) in [6.07, 6.45) is 1.58. The van der Waals surface area contributed by atoms with Gasteiger partial charge in [-0.25, -0.2) is 0 Å². The predicted molar refractivity (Wildman–Crippen MR) is 78.0 cm³/mol. The summed E-state index contributed by atoms with van der Waals surface area (Å²) in [5.74, 6) is 3.67. The van der Waals surface area contributed by atoms with Crippen molar-refractivity contribution in [2.24, 2.45) is 0 Å². The fraction of sp³-hybridized carbons (Fsp3) is 0.533. The molecule has 1 aromatic rings. The standard InChI is InChI=1S/C15H19NO2S/c17-14(13-10-19-8-6-16-13)9-11-5-7-18-15-4-2-1-3-12(11)15/h1-4,11,13,16H,5-10H2. The Bertz CT molecular complexity index is 457. The van der Waals surface area contributed by atoms with Crippen LogP contribution in [0.25, 0.3) is 0 Å². The molecule has 2 aliphatic heterocycles. The van der Waals surface area contributed by atoms with Gasteiger partial charge in [-0.1, -0.05) is 18.2 Å². The van der Waals surface area contributed by atoms with Crippen molar-refractivity contribution in [3.05, 3.63) is 29.8 Å². The van der Waals surface area contributed by atoms with E-state index in [2.05, 4.69) is 11.4 Å². The molecule has 1 N–H and O–H groups in total. The Hall–Kier alpha value is -1.00. The number of ether oxygens (including phenoxy) is 1. The molecule has 0 radical (unpaired) electrons. The fourth-order valence-electron chi connectivity index (χ4n) is 2.79. The molecule has 0 bridgehead atoms. The van der Waals surface area contributed by atoms with Gasteiger partial charge in [0, 0.05) is 24.5 Å². The van der Waals surface area contributed by atoms with Gasteiger partial charge < -0.3 is 10.1 Å². The van der Waals surface area contributed by atoms with Crippen LogP contribution in [0.2, 0.25) is 0 Å². The fourth-order valence-corrected chi connectivity index (χ4v) is 3.75. The predicted octanol–water partition coefficient (Wildman–Crippen LogP) is 2.22. The lowest BCUT2D eigenvalue weighted by atomic mass is 9.87. The molecule has 2 atom stereocenters. The number of Topliss-reactive ketones (excluding diaryl/α,β-unsaturated/α-hetero) is 1. The number of para-hydroxylation sites is 1. The molecule has 0 amide bonds. The normalized spacial score (nSPS) is 26.3. The second-order valence-electron chi connectivity index (χ2n) is 5.12.